The van der Waals surface area contributed by atoms with Gasteiger partial charge in [0.05, 0.1) is 18.4 Å². The van der Waals surface area contributed by atoms with Crippen LogP contribution in [0.15, 0.2) is 12.3 Å². The summed E-state index contributed by atoms with van der Waals surface area (Å²) in [7, 11) is 1.72. The third-order valence-electron chi connectivity index (χ3n) is 10.6. The number of rotatable bonds is 5. The van der Waals surface area contributed by atoms with Gasteiger partial charge >= 0.3 is 0 Å². The number of ether oxygens (including phenoxy) is 1. The molecule has 0 saturated heterocycles. The number of nitrogens with zero attached hydrogens (tertiary/aromatic N) is 3. The number of methoxy groups -OCH3 is 1. The van der Waals surface area contributed by atoms with Crippen molar-refractivity contribution in [2.24, 2.45) is 46.8 Å². The van der Waals surface area contributed by atoms with Gasteiger partial charge in [0.2, 0.25) is 0 Å². The molecule has 1 heterocycles. The molecule has 0 radical (unpaired) electrons. The van der Waals surface area contributed by atoms with Crippen LogP contribution in [0.3, 0.4) is 0 Å². The Hall–Kier alpha value is -1.38. The van der Waals surface area contributed by atoms with Gasteiger partial charge in [-0.05, 0) is 111 Å². The minimum absolute atomic E-state index is 0.429. The quantitative estimate of drug-likeness (QED) is 0.698. The van der Waals surface area contributed by atoms with Gasteiger partial charge < -0.3 is 9.84 Å². The first-order valence-electron chi connectivity index (χ1n) is 13.0. The van der Waals surface area contributed by atoms with Crippen molar-refractivity contribution in [1.29, 1.82) is 5.26 Å². The third kappa shape index (κ3) is 3.62. The second-order valence-corrected chi connectivity index (χ2v) is 12.1. The standard InChI is InChI=1S/C27H41N3O2/c1-18(16-30-20(15-28)10-13-29-30)24-6-7-25-23-5-4-19-14-27(31,17-32-3)12-9-21(19)22(23)8-11-26(24,25)2/h10,13,18-19,21-25,31H,4-9,11-12,14,16-17H2,1-3H3/t18-,19+,21-,22+,23+,24?,25-,26+,27+/m0/s1. The van der Waals surface area contributed by atoms with Crippen LogP contribution in [0, 0.1) is 58.2 Å². The maximum absolute atomic E-state index is 11.0. The number of hydrogen-bond donors (Lipinski definition) is 1. The molecule has 4 aliphatic rings. The summed E-state index contributed by atoms with van der Waals surface area (Å²) >= 11 is 0. The predicted molar refractivity (Wildman–Crippen MR) is 124 cm³/mol. The van der Waals surface area contributed by atoms with Crippen LogP contribution < -0.4 is 0 Å². The molecule has 176 valence electrons. The summed E-state index contributed by atoms with van der Waals surface area (Å²) in [6.45, 7) is 6.34. The molecule has 5 rings (SSSR count). The Kier molecular flexibility index (Phi) is 5.91. The molecule has 4 aliphatic carbocycles. The minimum atomic E-state index is -0.589. The Morgan fingerprint density at radius 1 is 1.19 bits per heavy atom. The van der Waals surface area contributed by atoms with Crippen LogP contribution in [0.4, 0.5) is 0 Å². The van der Waals surface area contributed by atoms with Crippen molar-refractivity contribution >= 4 is 0 Å². The van der Waals surface area contributed by atoms with Gasteiger partial charge in [0.25, 0.3) is 0 Å². The van der Waals surface area contributed by atoms with E-state index in [0.29, 0.717) is 29.6 Å². The molecule has 32 heavy (non-hydrogen) atoms. The summed E-state index contributed by atoms with van der Waals surface area (Å²) in [6, 6.07) is 4.12. The maximum atomic E-state index is 11.0. The van der Waals surface area contributed by atoms with E-state index in [9.17, 15) is 10.4 Å². The summed E-state index contributed by atoms with van der Waals surface area (Å²) in [6.07, 6.45) is 12.9. The average molecular weight is 440 g/mol. The van der Waals surface area contributed by atoms with E-state index in [1.54, 1.807) is 13.3 Å². The van der Waals surface area contributed by atoms with Gasteiger partial charge in [-0.2, -0.15) is 10.4 Å². The van der Waals surface area contributed by atoms with Crippen LogP contribution in [-0.2, 0) is 11.3 Å². The lowest BCUT2D eigenvalue weighted by Crippen LogP contribution is -2.52. The maximum Gasteiger partial charge on any atom is 0.138 e. The van der Waals surface area contributed by atoms with E-state index >= 15 is 0 Å². The van der Waals surface area contributed by atoms with Crippen LogP contribution in [0.25, 0.3) is 0 Å². The number of aromatic nitrogens is 2. The molecule has 9 atom stereocenters. The lowest BCUT2D eigenvalue weighted by atomic mass is 9.48. The molecule has 0 aliphatic heterocycles. The number of fused-ring (bicyclic) bond motifs is 5. The number of hydrogen-bond acceptors (Lipinski definition) is 4. The second-order valence-electron chi connectivity index (χ2n) is 12.1. The van der Waals surface area contributed by atoms with E-state index in [4.69, 9.17) is 4.74 Å². The molecule has 0 amide bonds. The van der Waals surface area contributed by atoms with Gasteiger partial charge in [-0.1, -0.05) is 13.8 Å². The van der Waals surface area contributed by atoms with Crippen LogP contribution in [0.2, 0.25) is 0 Å². The van der Waals surface area contributed by atoms with Crippen molar-refractivity contribution in [2.45, 2.75) is 83.8 Å². The van der Waals surface area contributed by atoms with Crippen molar-refractivity contribution in [3.8, 4) is 6.07 Å². The Bertz CT molecular complexity index is 861. The SMILES string of the molecule is COC[C@@]1(O)CC[C@H]2[C@H](CC[C@@H]3[C@@H]2CC[C@]2(C)C([C@@H](C)Cn4nccc4C#N)CC[C@@H]32)C1. The van der Waals surface area contributed by atoms with Gasteiger partial charge in [0, 0.05) is 13.7 Å². The summed E-state index contributed by atoms with van der Waals surface area (Å²) in [4.78, 5) is 0. The van der Waals surface area contributed by atoms with E-state index in [-0.39, 0.29) is 0 Å². The normalized spacial score (nSPS) is 44.2. The minimum Gasteiger partial charge on any atom is -0.387 e. The molecule has 1 aromatic rings. The highest BCUT2D eigenvalue weighted by Crippen LogP contribution is 2.65. The molecule has 1 N–H and O–H groups in total. The summed E-state index contributed by atoms with van der Waals surface area (Å²) in [5.41, 5.74) is 0.525. The van der Waals surface area contributed by atoms with E-state index in [1.165, 1.54) is 44.9 Å². The molecule has 4 fully saturated rings. The van der Waals surface area contributed by atoms with Crippen molar-refractivity contribution in [2.75, 3.05) is 13.7 Å². The first-order chi connectivity index (χ1) is 15.4. The highest BCUT2D eigenvalue weighted by Gasteiger charge is 2.58. The fraction of sp³-hybridized carbons (Fsp3) is 0.852. The van der Waals surface area contributed by atoms with Crippen LogP contribution in [-0.4, -0.2) is 34.2 Å². The molecule has 0 aromatic carbocycles. The second kappa shape index (κ2) is 8.44. The third-order valence-corrected chi connectivity index (χ3v) is 10.6. The highest BCUT2D eigenvalue weighted by atomic mass is 16.5. The number of aliphatic hydroxyl groups is 1. The van der Waals surface area contributed by atoms with E-state index in [1.807, 2.05) is 10.7 Å². The first kappa shape index (κ1) is 22.4. The lowest BCUT2D eigenvalue weighted by Gasteiger charge is -2.57. The van der Waals surface area contributed by atoms with E-state index < -0.39 is 5.60 Å². The van der Waals surface area contributed by atoms with E-state index in [2.05, 4.69) is 25.0 Å². The first-order valence-corrected chi connectivity index (χ1v) is 13.0. The van der Waals surface area contributed by atoms with Crippen molar-refractivity contribution < 1.29 is 9.84 Å². The fourth-order valence-corrected chi connectivity index (χ4v) is 9.31. The smallest absolute Gasteiger partial charge is 0.138 e. The van der Waals surface area contributed by atoms with Gasteiger partial charge in [-0.3, -0.25) is 4.68 Å². The van der Waals surface area contributed by atoms with Crippen molar-refractivity contribution in [3.63, 3.8) is 0 Å². The molecule has 0 bridgehead atoms. The number of nitriles is 1. The summed E-state index contributed by atoms with van der Waals surface area (Å²) < 4.78 is 7.27. The molecule has 1 aromatic heterocycles. The Labute approximate surface area is 193 Å². The Morgan fingerprint density at radius 2 is 2.00 bits per heavy atom. The Morgan fingerprint density at radius 3 is 2.78 bits per heavy atom. The van der Waals surface area contributed by atoms with Gasteiger partial charge in [-0.25, -0.2) is 0 Å². The van der Waals surface area contributed by atoms with Gasteiger partial charge in [0.15, 0.2) is 0 Å². The monoisotopic (exact) mass is 439 g/mol. The molecule has 0 spiro atoms. The fourth-order valence-electron chi connectivity index (χ4n) is 9.31. The highest BCUT2D eigenvalue weighted by molar-refractivity contribution is 5.18. The largest absolute Gasteiger partial charge is 0.387 e. The van der Waals surface area contributed by atoms with Crippen LogP contribution >= 0.6 is 0 Å². The van der Waals surface area contributed by atoms with Crippen LogP contribution in [0.5, 0.6) is 0 Å². The predicted octanol–water partition coefficient (Wildman–Crippen LogP) is 5.04. The van der Waals surface area contributed by atoms with Crippen LogP contribution in [0.1, 0.15) is 77.3 Å². The molecule has 5 nitrogen and oxygen atoms in total. The molecular weight excluding hydrogens is 398 g/mol. The van der Waals surface area contributed by atoms with Crippen molar-refractivity contribution in [1.82, 2.24) is 9.78 Å². The van der Waals surface area contributed by atoms with Crippen molar-refractivity contribution in [3.05, 3.63) is 18.0 Å². The average Bonchev–Trinajstić information content (AvgIpc) is 3.36. The molecular formula is C27H41N3O2. The molecule has 4 saturated carbocycles. The molecule has 1 unspecified atom stereocenters. The zero-order valence-corrected chi connectivity index (χ0v) is 20.2. The molecule has 5 heteroatoms. The lowest BCUT2D eigenvalue weighted by molar-refractivity contribution is -0.126. The Balaban J connectivity index is 1.29. The van der Waals surface area contributed by atoms with Gasteiger partial charge in [0.1, 0.15) is 11.8 Å². The topological polar surface area (TPSA) is 71.1 Å². The summed E-state index contributed by atoms with van der Waals surface area (Å²) in [5.74, 6) is 5.36. The van der Waals surface area contributed by atoms with Gasteiger partial charge in [-0.15, -0.1) is 0 Å². The van der Waals surface area contributed by atoms with E-state index in [0.717, 1.165) is 49.0 Å². The zero-order chi connectivity index (χ0) is 22.5. The summed E-state index contributed by atoms with van der Waals surface area (Å²) in [5, 5.41) is 24.8. The zero-order valence-electron chi connectivity index (χ0n) is 20.2.